The van der Waals surface area contributed by atoms with Crippen LogP contribution in [0.25, 0.3) is 11.3 Å². The van der Waals surface area contributed by atoms with Crippen molar-refractivity contribution in [2.24, 2.45) is 0 Å². The van der Waals surface area contributed by atoms with Crippen molar-refractivity contribution in [3.05, 3.63) is 82.1 Å². The predicted octanol–water partition coefficient (Wildman–Crippen LogP) is 3.28. The van der Waals surface area contributed by atoms with Crippen molar-refractivity contribution in [3.63, 3.8) is 0 Å². The summed E-state index contributed by atoms with van der Waals surface area (Å²) >= 11 is 0. The number of aromatic nitrogens is 2. The molecule has 0 aliphatic heterocycles. The van der Waals surface area contributed by atoms with Gasteiger partial charge in [0.25, 0.3) is 5.56 Å². The molecule has 3 aromatic rings. The highest BCUT2D eigenvalue weighted by atomic mass is 16.5. The molecule has 0 atom stereocenters. The fourth-order valence-electron chi connectivity index (χ4n) is 2.34. The van der Waals surface area contributed by atoms with Gasteiger partial charge in [-0.1, -0.05) is 29.8 Å². The van der Waals surface area contributed by atoms with E-state index in [0.29, 0.717) is 6.54 Å². The Morgan fingerprint density at radius 2 is 1.65 bits per heavy atom. The lowest BCUT2D eigenvalue weighted by atomic mass is 10.1. The lowest BCUT2D eigenvalue weighted by Crippen LogP contribution is -2.22. The summed E-state index contributed by atoms with van der Waals surface area (Å²) in [7, 11) is 1.63. The van der Waals surface area contributed by atoms with E-state index < -0.39 is 0 Å². The van der Waals surface area contributed by atoms with Crippen LogP contribution in [0, 0.1) is 6.92 Å². The Morgan fingerprint density at radius 1 is 0.957 bits per heavy atom. The number of nitrogens with zero attached hydrogens (tertiary/aromatic N) is 2. The van der Waals surface area contributed by atoms with Gasteiger partial charge in [-0.25, -0.2) is 4.68 Å². The Balaban J connectivity index is 1.91. The molecule has 0 aliphatic rings. The largest absolute Gasteiger partial charge is 0.497 e. The smallest absolute Gasteiger partial charge is 0.267 e. The molecular formula is C19H18N2O2. The van der Waals surface area contributed by atoms with Crippen molar-refractivity contribution in [2.45, 2.75) is 13.5 Å². The van der Waals surface area contributed by atoms with Crippen LogP contribution in [0.4, 0.5) is 0 Å². The quantitative estimate of drug-likeness (QED) is 0.743. The first-order valence-corrected chi connectivity index (χ1v) is 7.44. The molecule has 3 rings (SSSR count). The third kappa shape index (κ3) is 3.48. The van der Waals surface area contributed by atoms with Crippen molar-refractivity contribution in [1.29, 1.82) is 0 Å². The summed E-state index contributed by atoms with van der Waals surface area (Å²) in [6.45, 7) is 2.50. The Labute approximate surface area is 135 Å². The summed E-state index contributed by atoms with van der Waals surface area (Å²) in [6, 6.07) is 19.0. The molecule has 0 saturated heterocycles. The standard InChI is InChI=1S/C19H18N2O2/c1-14-3-5-15(6-4-14)13-21-19(22)12-11-18(20-21)16-7-9-17(23-2)10-8-16/h3-12H,13H2,1-2H3. The van der Waals surface area contributed by atoms with Gasteiger partial charge < -0.3 is 4.74 Å². The second-order valence-electron chi connectivity index (χ2n) is 5.43. The summed E-state index contributed by atoms with van der Waals surface area (Å²) in [5.41, 5.74) is 3.85. The highest BCUT2D eigenvalue weighted by Crippen LogP contribution is 2.19. The molecule has 4 heteroatoms. The van der Waals surface area contributed by atoms with Crippen molar-refractivity contribution in [2.75, 3.05) is 7.11 Å². The van der Waals surface area contributed by atoms with Gasteiger partial charge >= 0.3 is 0 Å². The molecule has 1 aromatic heterocycles. The van der Waals surface area contributed by atoms with Gasteiger partial charge in [0.05, 0.1) is 19.3 Å². The molecular weight excluding hydrogens is 288 g/mol. The summed E-state index contributed by atoms with van der Waals surface area (Å²) in [6.07, 6.45) is 0. The molecule has 1 heterocycles. The summed E-state index contributed by atoms with van der Waals surface area (Å²) in [5, 5.41) is 4.48. The molecule has 0 bridgehead atoms. The normalized spacial score (nSPS) is 10.5. The zero-order valence-corrected chi connectivity index (χ0v) is 13.2. The Bertz CT molecular complexity index is 850. The van der Waals surface area contributed by atoms with Gasteiger partial charge in [0.2, 0.25) is 0 Å². The molecule has 116 valence electrons. The number of hydrogen-bond donors (Lipinski definition) is 0. The SMILES string of the molecule is COc1ccc(-c2ccc(=O)n(Cc3ccc(C)cc3)n2)cc1. The fourth-order valence-corrected chi connectivity index (χ4v) is 2.34. The Kier molecular flexibility index (Phi) is 4.24. The first kappa shape index (κ1) is 15.0. The zero-order valence-electron chi connectivity index (χ0n) is 13.2. The molecule has 0 amide bonds. The average molecular weight is 306 g/mol. The van der Waals surface area contributed by atoms with Crippen molar-refractivity contribution >= 4 is 0 Å². The number of benzene rings is 2. The third-order valence-corrected chi connectivity index (χ3v) is 3.71. The third-order valence-electron chi connectivity index (χ3n) is 3.71. The van der Waals surface area contributed by atoms with Gasteiger partial charge in [-0.05, 0) is 42.8 Å². The number of methoxy groups -OCH3 is 1. The Hall–Kier alpha value is -2.88. The van der Waals surface area contributed by atoms with Gasteiger partial charge in [0.1, 0.15) is 5.75 Å². The predicted molar refractivity (Wildman–Crippen MR) is 90.8 cm³/mol. The first-order valence-electron chi connectivity index (χ1n) is 7.44. The summed E-state index contributed by atoms with van der Waals surface area (Å²) in [4.78, 5) is 12.1. The van der Waals surface area contributed by atoms with E-state index in [1.54, 1.807) is 19.2 Å². The van der Waals surface area contributed by atoms with E-state index in [1.165, 1.54) is 10.2 Å². The molecule has 0 N–H and O–H groups in total. The molecule has 0 unspecified atom stereocenters. The summed E-state index contributed by atoms with van der Waals surface area (Å²) in [5.74, 6) is 0.793. The van der Waals surface area contributed by atoms with Crippen LogP contribution in [0.2, 0.25) is 0 Å². The van der Waals surface area contributed by atoms with E-state index in [4.69, 9.17) is 4.74 Å². The average Bonchev–Trinajstić information content (AvgIpc) is 2.59. The van der Waals surface area contributed by atoms with Gasteiger partial charge in [-0.2, -0.15) is 5.10 Å². The van der Waals surface area contributed by atoms with Crippen LogP contribution in [0.3, 0.4) is 0 Å². The highest BCUT2D eigenvalue weighted by Gasteiger charge is 2.05. The van der Waals surface area contributed by atoms with Crippen molar-refractivity contribution < 1.29 is 4.74 Å². The molecule has 23 heavy (non-hydrogen) atoms. The molecule has 0 aliphatic carbocycles. The van der Waals surface area contributed by atoms with Gasteiger partial charge in [-0.15, -0.1) is 0 Å². The van der Waals surface area contributed by atoms with Crippen molar-refractivity contribution in [1.82, 2.24) is 9.78 Å². The maximum atomic E-state index is 12.1. The topological polar surface area (TPSA) is 44.1 Å². The van der Waals surface area contributed by atoms with Crippen LogP contribution in [0.1, 0.15) is 11.1 Å². The van der Waals surface area contributed by atoms with Crippen LogP contribution >= 0.6 is 0 Å². The van der Waals surface area contributed by atoms with E-state index in [-0.39, 0.29) is 5.56 Å². The highest BCUT2D eigenvalue weighted by molar-refractivity contribution is 5.59. The van der Waals surface area contributed by atoms with E-state index >= 15 is 0 Å². The number of aryl methyl sites for hydroxylation is 1. The van der Waals surface area contributed by atoms with E-state index in [0.717, 1.165) is 22.6 Å². The van der Waals surface area contributed by atoms with Gasteiger partial charge in [0.15, 0.2) is 0 Å². The van der Waals surface area contributed by atoms with E-state index in [2.05, 4.69) is 5.10 Å². The molecule has 0 spiro atoms. The van der Waals surface area contributed by atoms with E-state index in [9.17, 15) is 4.79 Å². The second-order valence-corrected chi connectivity index (χ2v) is 5.43. The number of ether oxygens (including phenoxy) is 1. The number of hydrogen-bond acceptors (Lipinski definition) is 3. The lowest BCUT2D eigenvalue weighted by Gasteiger charge is -2.08. The lowest BCUT2D eigenvalue weighted by molar-refractivity contribution is 0.415. The number of rotatable bonds is 4. The molecule has 0 radical (unpaired) electrons. The summed E-state index contributed by atoms with van der Waals surface area (Å²) < 4.78 is 6.65. The van der Waals surface area contributed by atoms with Crippen LogP contribution in [0.15, 0.2) is 65.5 Å². The maximum absolute atomic E-state index is 12.1. The fraction of sp³-hybridized carbons (Fsp3) is 0.158. The second kappa shape index (κ2) is 6.48. The van der Waals surface area contributed by atoms with Crippen molar-refractivity contribution in [3.8, 4) is 17.0 Å². The first-order chi connectivity index (χ1) is 11.2. The molecule has 2 aromatic carbocycles. The maximum Gasteiger partial charge on any atom is 0.267 e. The monoisotopic (exact) mass is 306 g/mol. The molecule has 0 saturated carbocycles. The Morgan fingerprint density at radius 3 is 2.30 bits per heavy atom. The minimum Gasteiger partial charge on any atom is -0.497 e. The van der Waals surface area contributed by atoms with Crippen LogP contribution in [-0.4, -0.2) is 16.9 Å². The molecule has 0 fully saturated rings. The van der Waals surface area contributed by atoms with Crippen LogP contribution < -0.4 is 10.3 Å². The zero-order chi connectivity index (χ0) is 16.2. The van der Waals surface area contributed by atoms with Gasteiger partial charge in [-0.3, -0.25) is 4.79 Å². The van der Waals surface area contributed by atoms with Crippen LogP contribution in [-0.2, 0) is 6.54 Å². The van der Waals surface area contributed by atoms with E-state index in [1.807, 2.05) is 55.5 Å². The minimum atomic E-state index is -0.108. The van der Waals surface area contributed by atoms with Crippen LogP contribution in [0.5, 0.6) is 5.75 Å². The minimum absolute atomic E-state index is 0.108. The van der Waals surface area contributed by atoms with Gasteiger partial charge in [0, 0.05) is 11.6 Å². The molecule has 4 nitrogen and oxygen atoms in total.